The number of benzene rings is 1. The molecule has 0 aliphatic carbocycles. The van der Waals surface area contributed by atoms with Gasteiger partial charge in [0.25, 0.3) is 11.8 Å². The Bertz CT molecular complexity index is 770. The summed E-state index contributed by atoms with van der Waals surface area (Å²) >= 11 is 1.18. The summed E-state index contributed by atoms with van der Waals surface area (Å²) in [6, 6.07) is 6.00. The van der Waals surface area contributed by atoms with Crippen LogP contribution in [0.15, 0.2) is 29.6 Å². The number of hydrogen-bond acceptors (Lipinski definition) is 5. The molecule has 0 bridgehead atoms. The molecule has 0 atom stereocenters. The number of amides is 3. The molecule has 120 valence electrons. The minimum atomic E-state index is -0.628. The molecule has 8 heteroatoms. The van der Waals surface area contributed by atoms with Gasteiger partial charge >= 0.3 is 0 Å². The number of rotatable bonds is 5. The molecule has 0 fully saturated rings. The van der Waals surface area contributed by atoms with E-state index in [0.29, 0.717) is 10.6 Å². The van der Waals surface area contributed by atoms with Gasteiger partial charge in [-0.1, -0.05) is 12.1 Å². The number of thiophene rings is 1. The van der Waals surface area contributed by atoms with Gasteiger partial charge < -0.3 is 21.5 Å². The Balaban J connectivity index is 1.97. The second kappa shape index (κ2) is 6.93. The maximum Gasteiger partial charge on any atom is 0.255 e. The van der Waals surface area contributed by atoms with Crippen LogP contribution in [0, 0.1) is 6.92 Å². The summed E-state index contributed by atoms with van der Waals surface area (Å²) in [6.07, 6.45) is 0. The second-order valence-corrected chi connectivity index (χ2v) is 5.61. The van der Waals surface area contributed by atoms with Crippen molar-refractivity contribution in [1.29, 1.82) is 0 Å². The van der Waals surface area contributed by atoms with E-state index >= 15 is 0 Å². The summed E-state index contributed by atoms with van der Waals surface area (Å²) in [5.41, 5.74) is 6.28. The minimum absolute atomic E-state index is 0.0742. The van der Waals surface area contributed by atoms with E-state index in [9.17, 15) is 19.5 Å². The molecule has 0 saturated heterocycles. The van der Waals surface area contributed by atoms with Crippen molar-refractivity contribution in [2.45, 2.75) is 6.92 Å². The van der Waals surface area contributed by atoms with Crippen LogP contribution in [-0.2, 0) is 4.79 Å². The zero-order valence-corrected chi connectivity index (χ0v) is 13.1. The van der Waals surface area contributed by atoms with E-state index in [1.165, 1.54) is 23.5 Å². The van der Waals surface area contributed by atoms with Gasteiger partial charge in [-0.25, -0.2) is 0 Å². The highest BCUT2D eigenvalue weighted by Gasteiger charge is 2.17. The highest BCUT2D eigenvalue weighted by atomic mass is 32.1. The number of carbonyl (C=O) groups excluding carboxylic acids is 3. The molecule has 1 heterocycles. The van der Waals surface area contributed by atoms with Crippen LogP contribution in [0.5, 0.6) is 5.75 Å². The third-order valence-electron chi connectivity index (χ3n) is 3.03. The molecule has 0 spiro atoms. The fraction of sp³-hybridized carbons (Fsp3) is 0.133. The van der Waals surface area contributed by atoms with E-state index in [4.69, 9.17) is 5.73 Å². The van der Waals surface area contributed by atoms with Gasteiger partial charge in [0, 0.05) is 0 Å². The van der Waals surface area contributed by atoms with Gasteiger partial charge in [0.2, 0.25) is 5.91 Å². The van der Waals surface area contributed by atoms with Crippen LogP contribution in [0.1, 0.15) is 26.3 Å². The molecule has 3 amide bonds. The maximum atomic E-state index is 11.9. The van der Waals surface area contributed by atoms with E-state index < -0.39 is 17.7 Å². The largest absolute Gasteiger partial charge is 0.507 e. The maximum absolute atomic E-state index is 11.9. The van der Waals surface area contributed by atoms with Gasteiger partial charge in [0.05, 0.1) is 17.7 Å². The number of phenolic OH excluding ortho intramolecular Hbond substituents is 1. The first-order valence-electron chi connectivity index (χ1n) is 6.64. The molecule has 2 rings (SSSR count). The molecule has 23 heavy (non-hydrogen) atoms. The first-order valence-corrected chi connectivity index (χ1v) is 7.52. The SMILES string of the molecule is Cc1csc(NC(=O)CNC(=O)c2ccccc2O)c1C(N)=O. The third-order valence-corrected chi connectivity index (χ3v) is 4.05. The van der Waals surface area contributed by atoms with E-state index in [0.717, 1.165) is 0 Å². The predicted molar refractivity (Wildman–Crippen MR) is 86.6 cm³/mol. The lowest BCUT2D eigenvalue weighted by Gasteiger charge is -2.08. The van der Waals surface area contributed by atoms with Crippen LogP contribution in [-0.4, -0.2) is 29.4 Å². The predicted octanol–water partition coefficient (Wildman–Crippen LogP) is 1.23. The third kappa shape index (κ3) is 3.86. The number of primary amides is 1. The van der Waals surface area contributed by atoms with Crippen LogP contribution in [0.2, 0.25) is 0 Å². The van der Waals surface area contributed by atoms with Gasteiger partial charge in [-0.2, -0.15) is 0 Å². The number of anilines is 1. The standard InChI is InChI=1S/C15H15N3O4S/c1-8-7-23-15(12(8)13(16)21)18-11(20)6-17-14(22)9-4-2-3-5-10(9)19/h2-5,7,19H,6H2,1H3,(H2,16,21)(H,17,22)(H,18,20). The summed E-state index contributed by atoms with van der Waals surface area (Å²) < 4.78 is 0. The fourth-order valence-electron chi connectivity index (χ4n) is 1.93. The van der Waals surface area contributed by atoms with Gasteiger partial charge in [-0.05, 0) is 30.0 Å². The van der Waals surface area contributed by atoms with Crippen LogP contribution in [0.4, 0.5) is 5.00 Å². The quantitative estimate of drug-likeness (QED) is 0.657. The van der Waals surface area contributed by atoms with Crippen molar-refractivity contribution in [3.63, 3.8) is 0 Å². The molecule has 0 unspecified atom stereocenters. The molecule has 2 aromatic rings. The van der Waals surface area contributed by atoms with Crippen molar-refractivity contribution in [2.24, 2.45) is 5.73 Å². The average Bonchev–Trinajstić information content (AvgIpc) is 2.86. The summed E-state index contributed by atoms with van der Waals surface area (Å²) in [7, 11) is 0. The topological polar surface area (TPSA) is 122 Å². The van der Waals surface area contributed by atoms with Crippen molar-refractivity contribution in [1.82, 2.24) is 5.32 Å². The highest BCUT2D eigenvalue weighted by molar-refractivity contribution is 7.15. The Labute approximate surface area is 136 Å². The number of hydrogen-bond donors (Lipinski definition) is 4. The number of carbonyl (C=O) groups is 3. The Morgan fingerprint density at radius 3 is 2.61 bits per heavy atom. The number of phenols is 1. The van der Waals surface area contributed by atoms with Crippen molar-refractivity contribution in [3.05, 3.63) is 46.3 Å². The number of aryl methyl sites for hydroxylation is 1. The van der Waals surface area contributed by atoms with Crippen molar-refractivity contribution >= 4 is 34.1 Å². The number of para-hydroxylation sites is 1. The minimum Gasteiger partial charge on any atom is -0.507 e. The molecule has 0 aliphatic rings. The number of aromatic hydroxyl groups is 1. The summed E-state index contributed by atoms with van der Waals surface area (Å²) in [5.74, 6) is -1.87. The van der Waals surface area contributed by atoms with Crippen LogP contribution in [0.25, 0.3) is 0 Å². The highest BCUT2D eigenvalue weighted by Crippen LogP contribution is 2.27. The smallest absolute Gasteiger partial charge is 0.255 e. The normalized spacial score (nSPS) is 10.1. The lowest BCUT2D eigenvalue weighted by Crippen LogP contribution is -2.33. The van der Waals surface area contributed by atoms with Crippen molar-refractivity contribution in [2.75, 3.05) is 11.9 Å². The zero-order chi connectivity index (χ0) is 17.0. The first-order chi connectivity index (χ1) is 10.9. The van der Waals surface area contributed by atoms with E-state index in [2.05, 4.69) is 10.6 Å². The lowest BCUT2D eigenvalue weighted by atomic mass is 10.2. The van der Waals surface area contributed by atoms with Crippen molar-refractivity contribution < 1.29 is 19.5 Å². The summed E-state index contributed by atoms with van der Waals surface area (Å²) in [4.78, 5) is 35.1. The molecule has 7 nitrogen and oxygen atoms in total. The van der Waals surface area contributed by atoms with Gasteiger partial charge in [0.15, 0.2) is 0 Å². The Hall–Kier alpha value is -2.87. The molecular weight excluding hydrogens is 318 g/mol. The Morgan fingerprint density at radius 2 is 1.96 bits per heavy atom. The average molecular weight is 333 g/mol. The Morgan fingerprint density at radius 1 is 1.26 bits per heavy atom. The molecule has 0 radical (unpaired) electrons. The van der Waals surface area contributed by atoms with E-state index in [1.54, 1.807) is 24.4 Å². The molecule has 0 saturated carbocycles. The van der Waals surface area contributed by atoms with Gasteiger partial charge in [0.1, 0.15) is 10.8 Å². The van der Waals surface area contributed by atoms with Crippen LogP contribution < -0.4 is 16.4 Å². The van der Waals surface area contributed by atoms with E-state index in [1.807, 2.05) is 0 Å². The summed E-state index contributed by atoms with van der Waals surface area (Å²) in [5, 5.41) is 16.5. The Kier molecular flexibility index (Phi) is 4.97. The second-order valence-electron chi connectivity index (χ2n) is 4.74. The number of nitrogens with two attached hydrogens (primary N) is 1. The van der Waals surface area contributed by atoms with E-state index in [-0.39, 0.29) is 23.4 Å². The molecule has 1 aromatic carbocycles. The molecule has 5 N–H and O–H groups in total. The first kappa shape index (κ1) is 16.5. The number of nitrogens with one attached hydrogen (secondary N) is 2. The zero-order valence-electron chi connectivity index (χ0n) is 12.3. The molecule has 1 aromatic heterocycles. The van der Waals surface area contributed by atoms with Crippen LogP contribution in [0.3, 0.4) is 0 Å². The fourth-order valence-corrected chi connectivity index (χ4v) is 2.90. The summed E-state index contributed by atoms with van der Waals surface area (Å²) in [6.45, 7) is 1.41. The van der Waals surface area contributed by atoms with Crippen molar-refractivity contribution in [3.8, 4) is 5.75 Å². The van der Waals surface area contributed by atoms with Gasteiger partial charge in [-0.15, -0.1) is 11.3 Å². The van der Waals surface area contributed by atoms with Gasteiger partial charge in [-0.3, -0.25) is 14.4 Å². The monoisotopic (exact) mass is 333 g/mol. The lowest BCUT2D eigenvalue weighted by molar-refractivity contribution is -0.115. The molecular formula is C15H15N3O4S. The van der Waals surface area contributed by atoms with Crippen LogP contribution >= 0.6 is 11.3 Å². The molecule has 0 aliphatic heterocycles.